The number of rotatable bonds is 7. The molecule has 0 aromatic heterocycles. The summed E-state index contributed by atoms with van der Waals surface area (Å²) in [5, 5.41) is 0. The van der Waals surface area contributed by atoms with Crippen LogP contribution in [0.4, 0.5) is 0 Å². The van der Waals surface area contributed by atoms with Crippen LogP contribution in [-0.4, -0.2) is 25.5 Å². The zero-order chi connectivity index (χ0) is 15.1. The van der Waals surface area contributed by atoms with E-state index in [1.807, 2.05) is 31.2 Å². The summed E-state index contributed by atoms with van der Waals surface area (Å²) in [5.41, 5.74) is 0.984. The second-order valence-electron chi connectivity index (χ2n) is 4.83. The molecule has 0 bridgehead atoms. The van der Waals surface area contributed by atoms with E-state index < -0.39 is 11.9 Å². The molecule has 0 amide bonds. The van der Waals surface area contributed by atoms with E-state index in [9.17, 15) is 9.59 Å². The lowest BCUT2D eigenvalue weighted by molar-refractivity contribution is -0.153. The SMILES string of the molecule is CCOC(=O)C(C(C)=O)C(C)Cc1ccccc1OC. The minimum Gasteiger partial charge on any atom is -0.496 e. The highest BCUT2D eigenvalue weighted by atomic mass is 16.5. The van der Waals surface area contributed by atoms with Gasteiger partial charge in [-0.2, -0.15) is 0 Å². The van der Waals surface area contributed by atoms with Crippen molar-refractivity contribution in [2.75, 3.05) is 13.7 Å². The first-order valence-electron chi connectivity index (χ1n) is 6.80. The van der Waals surface area contributed by atoms with E-state index in [0.29, 0.717) is 6.42 Å². The van der Waals surface area contributed by atoms with Crippen LogP contribution in [0.2, 0.25) is 0 Å². The van der Waals surface area contributed by atoms with Crippen molar-refractivity contribution >= 4 is 11.8 Å². The van der Waals surface area contributed by atoms with Crippen molar-refractivity contribution in [2.24, 2.45) is 11.8 Å². The summed E-state index contributed by atoms with van der Waals surface area (Å²) in [6, 6.07) is 7.62. The zero-order valence-electron chi connectivity index (χ0n) is 12.5. The lowest BCUT2D eigenvalue weighted by atomic mass is 9.85. The number of carbonyl (C=O) groups excluding carboxylic acids is 2. The van der Waals surface area contributed by atoms with Gasteiger partial charge < -0.3 is 9.47 Å². The van der Waals surface area contributed by atoms with Gasteiger partial charge >= 0.3 is 5.97 Å². The third kappa shape index (κ3) is 4.08. The second-order valence-corrected chi connectivity index (χ2v) is 4.83. The van der Waals surface area contributed by atoms with Crippen LogP contribution >= 0.6 is 0 Å². The van der Waals surface area contributed by atoms with Crippen molar-refractivity contribution < 1.29 is 19.1 Å². The van der Waals surface area contributed by atoms with Gasteiger partial charge in [0.05, 0.1) is 13.7 Å². The summed E-state index contributed by atoms with van der Waals surface area (Å²) in [7, 11) is 1.61. The fourth-order valence-electron chi connectivity index (χ4n) is 2.37. The summed E-state index contributed by atoms with van der Waals surface area (Å²) >= 11 is 0. The van der Waals surface area contributed by atoms with Gasteiger partial charge in [0.25, 0.3) is 0 Å². The van der Waals surface area contributed by atoms with Crippen LogP contribution in [0.25, 0.3) is 0 Å². The molecule has 2 atom stereocenters. The minimum atomic E-state index is -0.722. The van der Waals surface area contributed by atoms with Gasteiger partial charge in [-0.15, -0.1) is 0 Å². The number of ketones is 1. The predicted octanol–water partition coefficient (Wildman–Crippen LogP) is 2.64. The lowest BCUT2D eigenvalue weighted by Gasteiger charge is -2.20. The van der Waals surface area contributed by atoms with Crippen LogP contribution in [-0.2, 0) is 20.7 Å². The molecule has 4 heteroatoms. The van der Waals surface area contributed by atoms with Crippen LogP contribution in [0.3, 0.4) is 0 Å². The molecule has 20 heavy (non-hydrogen) atoms. The number of ether oxygens (including phenoxy) is 2. The number of hydrogen-bond donors (Lipinski definition) is 0. The Hall–Kier alpha value is -1.84. The van der Waals surface area contributed by atoms with Gasteiger partial charge in [-0.25, -0.2) is 0 Å². The van der Waals surface area contributed by atoms with Gasteiger partial charge in [-0.1, -0.05) is 25.1 Å². The molecule has 1 aromatic carbocycles. The first-order valence-corrected chi connectivity index (χ1v) is 6.80. The van der Waals surface area contributed by atoms with E-state index in [0.717, 1.165) is 11.3 Å². The van der Waals surface area contributed by atoms with Gasteiger partial charge in [0.1, 0.15) is 17.5 Å². The molecule has 1 aromatic rings. The largest absolute Gasteiger partial charge is 0.496 e. The maximum absolute atomic E-state index is 11.9. The Morgan fingerprint density at radius 3 is 2.45 bits per heavy atom. The average Bonchev–Trinajstić information content (AvgIpc) is 2.39. The molecule has 0 aliphatic heterocycles. The summed E-state index contributed by atoms with van der Waals surface area (Å²) in [5.74, 6) is -0.693. The summed E-state index contributed by atoms with van der Waals surface area (Å²) < 4.78 is 10.3. The Bertz CT molecular complexity index is 467. The lowest BCUT2D eigenvalue weighted by Crippen LogP contribution is -2.31. The van der Waals surface area contributed by atoms with Crippen molar-refractivity contribution in [3.63, 3.8) is 0 Å². The number of methoxy groups -OCH3 is 1. The first-order chi connectivity index (χ1) is 9.51. The van der Waals surface area contributed by atoms with Crippen LogP contribution in [0.5, 0.6) is 5.75 Å². The maximum Gasteiger partial charge on any atom is 0.316 e. The Morgan fingerprint density at radius 2 is 1.90 bits per heavy atom. The Balaban J connectivity index is 2.88. The number of hydrogen-bond acceptors (Lipinski definition) is 4. The summed E-state index contributed by atoms with van der Waals surface area (Å²) in [6.07, 6.45) is 0.590. The summed E-state index contributed by atoms with van der Waals surface area (Å²) in [6.45, 7) is 5.33. The van der Waals surface area contributed by atoms with Crippen LogP contribution in [0, 0.1) is 11.8 Å². The minimum absolute atomic E-state index is 0.136. The van der Waals surface area contributed by atoms with Crippen molar-refractivity contribution in [1.82, 2.24) is 0 Å². The maximum atomic E-state index is 11.9. The molecule has 0 fully saturated rings. The third-order valence-corrected chi connectivity index (χ3v) is 3.28. The fourth-order valence-corrected chi connectivity index (χ4v) is 2.37. The number of Topliss-reactive ketones (excluding diaryl/α,β-unsaturated/α-hetero) is 1. The quantitative estimate of drug-likeness (QED) is 0.568. The number of esters is 1. The highest BCUT2D eigenvalue weighted by molar-refractivity contribution is 5.98. The van der Waals surface area contributed by atoms with Crippen LogP contribution in [0.15, 0.2) is 24.3 Å². The number of carbonyl (C=O) groups is 2. The van der Waals surface area contributed by atoms with Crippen molar-refractivity contribution in [3.8, 4) is 5.75 Å². The predicted molar refractivity (Wildman–Crippen MR) is 76.7 cm³/mol. The molecule has 0 N–H and O–H groups in total. The van der Waals surface area contributed by atoms with E-state index in [2.05, 4.69) is 0 Å². The normalized spacial score (nSPS) is 13.4. The Labute approximate surface area is 120 Å². The van der Waals surface area contributed by atoms with E-state index >= 15 is 0 Å². The monoisotopic (exact) mass is 278 g/mol. The second kappa shape index (κ2) is 7.68. The van der Waals surface area contributed by atoms with E-state index in [4.69, 9.17) is 9.47 Å². The van der Waals surface area contributed by atoms with Crippen LogP contribution in [0.1, 0.15) is 26.3 Å². The van der Waals surface area contributed by atoms with Gasteiger partial charge in [0, 0.05) is 0 Å². The highest BCUT2D eigenvalue weighted by Crippen LogP contribution is 2.25. The van der Waals surface area contributed by atoms with Gasteiger partial charge in [-0.3, -0.25) is 9.59 Å². The van der Waals surface area contributed by atoms with Crippen molar-refractivity contribution in [2.45, 2.75) is 27.2 Å². The van der Waals surface area contributed by atoms with Crippen LogP contribution < -0.4 is 4.74 Å². The fraction of sp³-hybridized carbons (Fsp3) is 0.500. The van der Waals surface area contributed by atoms with E-state index in [1.165, 1.54) is 6.92 Å². The van der Waals surface area contributed by atoms with E-state index in [-0.39, 0.29) is 18.3 Å². The molecule has 110 valence electrons. The molecule has 4 nitrogen and oxygen atoms in total. The topological polar surface area (TPSA) is 52.6 Å². The van der Waals surface area contributed by atoms with Crippen molar-refractivity contribution in [1.29, 1.82) is 0 Å². The standard InChI is InChI=1S/C16H22O4/c1-5-20-16(18)15(12(3)17)11(2)10-13-8-6-7-9-14(13)19-4/h6-9,11,15H,5,10H2,1-4H3. The van der Waals surface area contributed by atoms with Gasteiger partial charge in [0.15, 0.2) is 0 Å². The molecule has 0 spiro atoms. The number of benzene rings is 1. The molecule has 2 unspecified atom stereocenters. The average molecular weight is 278 g/mol. The Morgan fingerprint density at radius 1 is 1.25 bits per heavy atom. The molecule has 0 aliphatic carbocycles. The van der Waals surface area contributed by atoms with Gasteiger partial charge in [0.2, 0.25) is 0 Å². The Kier molecular flexibility index (Phi) is 6.22. The van der Waals surface area contributed by atoms with Gasteiger partial charge in [-0.05, 0) is 37.8 Å². The highest BCUT2D eigenvalue weighted by Gasteiger charge is 2.31. The first kappa shape index (κ1) is 16.2. The summed E-state index contributed by atoms with van der Waals surface area (Å²) in [4.78, 5) is 23.6. The molecule has 0 saturated heterocycles. The molecule has 0 heterocycles. The molecular weight excluding hydrogens is 256 g/mol. The zero-order valence-corrected chi connectivity index (χ0v) is 12.5. The number of para-hydroxylation sites is 1. The van der Waals surface area contributed by atoms with E-state index in [1.54, 1.807) is 14.0 Å². The molecule has 0 radical (unpaired) electrons. The third-order valence-electron chi connectivity index (χ3n) is 3.28. The molecular formula is C16H22O4. The smallest absolute Gasteiger partial charge is 0.316 e. The van der Waals surface area contributed by atoms with Crippen molar-refractivity contribution in [3.05, 3.63) is 29.8 Å². The molecule has 0 aliphatic rings. The molecule has 1 rings (SSSR count). The molecule has 0 saturated carbocycles.